The largest absolute Gasteiger partial charge is 0.507 e. The van der Waals surface area contributed by atoms with Gasteiger partial charge in [0.1, 0.15) is 61.7 Å². The number of esters is 1. The van der Waals surface area contributed by atoms with Crippen molar-refractivity contribution in [2.75, 3.05) is 19.8 Å². The zero-order valence-corrected chi connectivity index (χ0v) is 24.2. The molecule has 0 amide bonds. The van der Waals surface area contributed by atoms with Crippen LogP contribution in [-0.2, 0) is 31.8 Å². The number of phenolic OH excluding ortho intramolecular Hbond substituents is 1. The Labute approximate surface area is 248 Å². The lowest BCUT2D eigenvalue weighted by Gasteiger charge is -2.43. The summed E-state index contributed by atoms with van der Waals surface area (Å²) in [5.74, 6) is -3.35. The maximum absolute atomic E-state index is 13.1. The van der Waals surface area contributed by atoms with E-state index in [0.29, 0.717) is 11.1 Å². The number of aliphatic hydroxyl groups is 8. The molecular formula is C29H42O14. The molecule has 2 aliphatic rings. The van der Waals surface area contributed by atoms with Crippen LogP contribution in [0.15, 0.2) is 35.9 Å². The summed E-state index contributed by atoms with van der Waals surface area (Å²) in [5, 5.41) is 92.3. The molecular weight excluding hydrogens is 572 g/mol. The van der Waals surface area contributed by atoms with Gasteiger partial charge in [0.15, 0.2) is 6.29 Å². The molecule has 0 radical (unpaired) electrons. The first-order valence-electron chi connectivity index (χ1n) is 13.8. The summed E-state index contributed by atoms with van der Waals surface area (Å²) in [4.78, 5) is 13.1. The molecule has 242 valence electrons. The normalized spacial score (nSPS) is 33.2. The molecule has 0 aliphatic carbocycles. The van der Waals surface area contributed by atoms with Gasteiger partial charge >= 0.3 is 5.97 Å². The summed E-state index contributed by atoms with van der Waals surface area (Å²) in [6.45, 7) is 6.62. The number of hydrogen-bond acceptors (Lipinski definition) is 14. The van der Waals surface area contributed by atoms with Gasteiger partial charge in [-0.15, -0.1) is 0 Å². The molecule has 2 aliphatic heterocycles. The number of ether oxygens (including phenoxy) is 4. The Morgan fingerprint density at radius 2 is 1.67 bits per heavy atom. The summed E-state index contributed by atoms with van der Waals surface area (Å²) in [6.07, 6.45) is -12.7. The van der Waals surface area contributed by atoms with E-state index >= 15 is 0 Å². The third-order valence-corrected chi connectivity index (χ3v) is 7.48. The van der Waals surface area contributed by atoms with Crippen molar-refractivity contribution < 1.29 is 69.7 Å². The quantitative estimate of drug-likeness (QED) is 0.0930. The average molecular weight is 615 g/mol. The molecule has 0 aromatic heterocycles. The summed E-state index contributed by atoms with van der Waals surface area (Å²) in [7, 11) is 0. The molecule has 0 bridgehead atoms. The summed E-state index contributed by atoms with van der Waals surface area (Å²) in [5.41, 5.74) is 2.11. The molecule has 1 aromatic rings. The van der Waals surface area contributed by atoms with Gasteiger partial charge in [-0.1, -0.05) is 23.8 Å². The Bertz CT molecular complexity index is 1170. The van der Waals surface area contributed by atoms with Gasteiger partial charge in [-0.05, 0) is 50.5 Å². The monoisotopic (exact) mass is 614 g/mol. The minimum absolute atomic E-state index is 0.0169. The highest BCUT2D eigenvalue weighted by Gasteiger charge is 2.58. The molecule has 2 heterocycles. The molecule has 9 N–H and O–H groups in total. The third-order valence-electron chi connectivity index (χ3n) is 7.48. The average Bonchev–Trinajstić information content (AvgIpc) is 3.21. The van der Waals surface area contributed by atoms with Gasteiger partial charge in [0.25, 0.3) is 0 Å². The van der Waals surface area contributed by atoms with Crippen LogP contribution in [0.5, 0.6) is 5.75 Å². The van der Waals surface area contributed by atoms with Gasteiger partial charge in [-0.25, -0.2) is 4.79 Å². The van der Waals surface area contributed by atoms with Crippen molar-refractivity contribution >= 4 is 5.97 Å². The van der Waals surface area contributed by atoms with Gasteiger partial charge in [0, 0.05) is 6.42 Å². The van der Waals surface area contributed by atoms with Crippen molar-refractivity contribution in [3.05, 3.63) is 52.6 Å². The zero-order valence-electron chi connectivity index (χ0n) is 24.2. The molecule has 3 rings (SSSR count). The van der Waals surface area contributed by atoms with Gasteiger partial charge in [0.2, 0.25) is 5.79 Å². The maximum atomic E-state index is 13.1. The molecule has 2 saturated heterocycles. The smallest absolute Gasteiger partial charge is 0.338 e. The fraction of sp³-hybridized carbons (Fsp3) is 0.621. The Morgan fingerprint density at radius 1 is 1.02 bits per heavy atom. The van der Waals surface area contributed by atoms with E-state index in [-0.39, 0.29) is 29.7 Å². The van der Waals surface area contributed by atoms with Crippen LogP contribution in [0.25, 0.3) is 0 Å². The van der Waals surface area contributed by atoms with Gasteiger partial charge < -0.3 is 64.9 Å². The van der Waals surface area contributed by atoms with Crippen molar-refractivity contribution in [2.24, 2.45) is 0 Å². The van der Waals surface area contributed by atoms with E-state index in [4.69, 9.17) is 18.9 Å². The second-order valence-corrected chi connectivity index (χ2v) is 11.2. The minimum Gasteiger partial charge on any atom is -0.507 e. The van der Waals surface area contributed by atoms with Gasteiger partial charge in [-0.3, -0.25) is 0 Å². The predicted molar refractivity (Wildman–Crippen MR) is 148 cm³/mol. The molecule has 1 unspecified atom stereocenters. The number of rotatable bonds is 12. The van der Waals surface area contributed by atoms with Crippen LogP contribution >= 0.6 is 0 Å². The van der Waals surface area contributed by atoms with Crippen LogP contribution in [0.4, 0.5) is 0 Å². The Morgan fingerprint density at radius 3 is 2.23 bits per heavy atom. The molecule has 2 fully saturated rings. The van der Waals surface area contributed by atoms with Gasteiger partial charge in [-0.2, -0.15) is 0 Å². The van der Waals surface area contributed by atoms with Crippen molar-refractivity contribution in [1.29, 1.82) is 0 Å². The third kappa shape index (κ3) is 7.79. The number of carbonyl (C=O) groups is 1. The van der Waals surface area contributed by atoms with Crippen LogP contribution in [0, 0.1) is 0 Å². The molecule has 1 aromatic carbocycles. The molecule has 0 spiro atoms. The van der Waals surface area contributed by atoms with Crippen molar-refractivity contribution in [3.63, 3.8) is 0 Å². The first kappa shape index (κ1) is 35.0. The highest BCUT2D eigenvalue weighted by atomic mass is 16.8. The van der Waals surface area contributed by atoms with E-state index in [1.165, 1.54) is 12.1 Å². The Hall–Kier alpha value is -2.47. The van der Waals surface area contributed by atoms with Crippen LogP contribution in [0.3, 0.4) is 0 Å². The molecule has 43 heavy (non-hydrogen) atoms. The second-order valence-electron chi connectivity index (χ2n) is 11.2. The lowest BCUT2D eigenvalue weighted by atomic mass is 9.95. The fourth-order valence-electron chi connectivity index (χ4n) is 4.75. The van der Waals surface area contributed by atoms with Crippen LogP contribution in [-0.4, -0.2) is 133 Å². The second kappa shape index (κ2) is 14.5. The highest BCUT2D eigenvalue weighted by Crippen LogP contribution is 2.36. The van der Waals surface area contributed by atoms with Crippen LogP contribution < -0.4 is 0 Å². The number of aromatic hydroxyl groups is 1. The predicted octanol–water partition coefficient (Wildman–Crippen LogP) is -1.84. The van der Waals surface area contributed by atoms with Crippen LogP contribution in [0.2, 0.25) is 0 Å². The lowest BCUT2D eigenvalue weighted by Crippen LogP contribution is -2.62. The van der Waals surface area contributed by atoms with E-state index in [1.54, 1.807) is 6.92 Å². The van der Waals surface area contributed by atoms with E-state index in [0.717, 1.165) is 5.57 Å². The Balaban J connectivity index is 1.80. The number of benzene rings is 1. The lowest BCUT2D eigenvalue weighted by molar-refractivity contribution is -0.383. The van der Waals surface area contributed by atoms with Crippen molar-refractivity contribution in [1.82, 2.24) is 0 Å². The van der Waals surface area contributed by atoms with Crippen molar-refractivity contribution in [2.45, 2.75) is 94.5 Å². The number of hydrogen-bond donors (Lipinski definition) is 9. The first-order chi connectivity index (χ1) is 20.1. The van der Waals surface area contributed by atoms with E-state index in [2.05, 4.69) is 6.58 Å². The Kier molecular flexibility index (Phi) is 11.8. The molecule has 10 atom stereocenters. The number of aliphatic hydroxyl groups excluding tert-OH is 8. The molecule has 0 saturated carbocycles. The standard InChI is InChI=1S/C29H42O14/c1-13(2)5-6-15-7-17(8-16(21(15)33)9-18(32)14(3)4)27(39)40-11-20-22(34)24(36)25(37)28(41-20)43-29(12-31)26(38)23(35)19(10-30)42-29/h5,7-8,18-20,22-26,28,30-38H,3,6,9-12H2,1-2,4H3/t18?,19-,20-,22-,23-,24+,25-,26+,28-,29+/m1/s1. The summed E-state index contributed by atoms with van der Waals surface area (Å²) < 4.78 is 21.6. The number of allylic oxidation sites excluding steroid dienone is 2. The highest BCUT2D eigenvalue weighted by molar-refractivity contribution is 5.90. The minimum atomic E-state index is -2.36. The van der Waals surface area contributed by atoms with E-state index < -0.39 is 86.7 Å². The molecule has 14 heteroatoms. The van der Waals surface area contributed by atoms with Gasteiger partial charge in [0.05, 0.1) is 18.3 Å². The fourth-order valence-corrected chi connectivity index (χ4v) is 4.75. The van der Waals surface area contributed by atoms with E-state index in [1.807, 2.05) is 19.9 Å². The maximum Gasteiger partial charge on any atom is 0.338 e. The summed E-state index contributed by atoms with van der Waals surface area (Å²) >= 11 is 0. The zero-order chi connectivity index (χ0) is 32.2. The SMILES string of the molecule is C=C(C)C(O)Cc1cc(C(=O)OC[C@H]2O[C@H](O[C@]3(CO)O[C@H](CO)[C@@H](O)[C@@H]3O)[C@H](O)[C@@H](O)[C@@H]2O)cc(CC=C(C)C)c1O. The topological polar surface area (TPSA) is 236 Å². The number of phenols is 1. The summed E-state index contributed by atoms with van der Waals surface area (Å²) in [6, 6.07) is 2.77. The van der Waals surface area contributed by atoms with Crippen LogP contribution in [0.1, 0.15) is 42.3 Å². The first-order valence-corrected chi connectivity index (χ1v) is 13.8. The van der Waals surface area contributed by atoms with E-state index in [9.17, 15) is 50.8 Å². The van der Waals surface area contributed by atoms with Crippen molar-refractivity contribution in [3.8, 4) is 5.75 Å². The molecule has 14 nitrogen and oxygen atoms in total. The number of carbonyl (C=O) groups excluding carboxylic acids is 1.